The highest BCUT2D eigenvalue weighted by molar-refractivity contribution is 6.06. The molecule has 0 aliphatic heterocycles. The first-order chi connectivity index (χ1) is 12.4. The largest absolute Gasteiger partial charge is 0.478 e. The maximum Gasteiger partial charge on any atom is 0.337 e. The minimum Gasteiger partial charge on any atom is -0.478 e. The van der Waals surface area contributed by atoms with Crippen molar-refractivity contribution < 1.29 is 19.4 Å². The highest BCUT2D eigenvalue weighted by Gasteiger charge is 2.10. The zero-order chi connectivity index (χ0) is 19.1. The highest BCUT2D eigenvalue weighted by Crippen LogP contribution is 2.15. The van der Waals surface area contributed by atoms with E-state index < -0.39 is 17.9 Å². The first-order valence-corrected chi connectivity index (χ1v) is 7.39. The van der Waals surface area contributed by atoms with Crippen molar-refractivity contribution in [3.05, 3.63) is 71.3 Å². The van der Waals surface area contributed by atoms with E-state index in [0.717, 1.165) is 0 Å². The molecule has 2 aromatic carbocycles. The third-order valence-corrected chi connectivity index (χ3v) is 3.23. The quantitative estimate of drug-likeness (QED) is 0.318. The summed E-state index contributed by atoms with van der Waals surface area (Å²) in [5, 5.41) is 26.2. The summed E-state index contributed by atoms with van der Waals surface area (Å²) in [6.07, 6.45) is 2.81. The Kier molecular flexibility index (Phi) is 5.83. The van der Waals surface area contributed by atoms with Crippen molar-refractivity contribution in [1.29, 1.82) is 10.8 Å². The van der Waals surface area contributed by atoms with Gasteiger partial charge in [-0.3, -0.25) is 15.6 Å². The Morgan fingerprint density at radius 3 is 2.35 bits per heavy atom. The fraction of sp³-hybridized carbons (Fsp3) is 0. The molecule has 0 fully saturated rings. The molecular formula is C18H16N4O4. The van der Waals surface area contributed by atoms with Crippen molar-refractivity contribution >= 4 is 35.6 Å². The Morgan fingerprint density at radius 2 is 1.73 bits per heavy atom. The van der Waals surface area contributed by atoms with Gasteiger partial charge in [-0.25, -0.2) is 4.79 Å². The van der Waals surface area contributed by atoms with Gasteiger partial charge in [0.1, 0.15) is 0 Å². The average molecular weight is 352 g/mol. The van der Waals surface area contributed by atoms with Crippen LogP contribution in [0.1, 0.15) is 21.5 Å². The molecule has 0 atom stereocenters. The molecule has 8 heteroatoms. The second kappa shape index (κ2) is 8.25. The van der Waals surface area contributed by atoms with E-state index in [1.165, 1.54) is 24.3 Å². The summed E-state index contributed by atoms with van der Waals surface area (Å²) in [4.78, 5) is 23.1. The lowest BCUT2D eigenvalue weighted by Crippen LogP contribution is -2.19. The van der Waals surface area contributed by atoms with Crippen LogP contribution in [0.3, 0.4) is 0 Å². The van der Waals surface area contributed by atoms with Crippen LogP contribution in [0.4, 0.5) is 5.69 Å². The number of hydrogen-bond acceptors (Lipinski definition) is 5. The lowest BCUT2D eigenvalue weighted by Gasteiger charge is -2.06. The number of amidine groups is 1. The molecule has 2 aromatic rings. The Bertz CT molecular complexity index is 888. The molecule has 0 heterocycles. The molecule has 0 aliphatic rings. The van der Waals surface area contributed by atoms with Crippen molar-refractivity contribution in [1.82, 2.24) is 0 Å². The monoisotopic (exact) mass is 352 g/mol. The van der Waals surface area contributed by atoms with Crippen LogP contribution < -0.4 is 11.1 Å². The lowest BCUT2D eigenvalue weighted by molar-refractivity contribution is -0.111. The molecular weight excluding hydrogens is 336 g/mol. The Hall–Kier alpha value is -3.94. The van der Waals surface area contributed by atoms with E-state index in [9.17, 15) is 9.59 Å². The summed E-state index contributed by atoms with van der Waals surface area (Å²) in [5.41, 5.74) is 6.39. The highest BCUT2D eigenvalue weighted by atomic mass is 16.5. The minimum atomic E-state index is -1.13. The van der Waals surface area contributed by atoms with Gasteiger partial charge in [-0.2, -0.15) is 0 Å². The van der Waals surface area contributed by atoms with E-state index in [2.05, 4.69) is 10.1 Å². The second-order valence-electron chi connectivity index (χ2n) is 5.09. The van der Waals surface area contributed by atoms with Gasteiger partial charge in [0.15, 0.2) is 0 Å². The molecule has 26 heavy (non-hydrogen) atoms. The number of benzene rings is 2. The molecule has 0 aliphatic carbocycles. The maximum atomic E-state index is 12.0. The number of rotatable bonds is 5. The third kappa shape index (κ3) is 5.03. The molecule has 2 rings (SSSR count). The predicted molar refractivity (Wildman–Crippen MR) is 97.3 cm³/mol. The van der Waals surface area contributed by atoms with Crippen LogP contribution in [0.25, 0.3) is 6.08 Å². The fourth-order valence-corrected chi connectivity index (χ4v) is 2.04. The molecule has 6 N–H and O–H groups in total. The normalized spacial score (nSPS) is 10.3. The molecule has 132 valence electrons. The predicted octanol–water partition coefficient (Wildman–Crippen LogP) is 2.27. The number of nitrogens with one attached hydrogen (secondary N) is 3. The van der Waals surface area contributed by atoms with Crippen LogP contribution >= 0.6 is 0 Å². The van der Waals surface area contributed by atoms with Gasteiger partial charge >= 0.3 is 5.97 Å². The summed E-state index contributed by atoms with van der Waals surface area (Å²) in [6, 6.07) is 12.0. The molecule has 0 saturated heterocycles. The summed E-state index contributed by atoms with van der Waals surface area (Å²) in [5.74, 6) is -1.86. The molecule has 0 radical (unpaired) electrons. The van der Waals surface area contributed by atoms with E-state index >= 15 is 0 Å². The van der Waals surface area contributed by atoms with Gasteiger partial charge in [-0.15, -0.1) is 0 Å². The number of para-hydroxylation sites is 1. The topological polar surface area (TPSA) is 149 Å². The molecule has 0 bridgehead atoms. The molecule has 8 nitrogen and oxygen atoms in total. The van der Waals surface area contributed by atoms with Crippen LogP contribution in [-0.4, -0.2) is 28.9 Å². The van der Waals surface area contributed by atoms with Crippen LogP contribution in [0.2, 0.25) is 0 Å². The zero-order valence-electron chi connectivity index (χ0n) is 13.5. The van der Waals surface area contributed by atoms with Gasteiger partial charge in [0.2, 0.25) is 11.8 Å². The summed E-state index contributed by atoms with van der Waals surface area (Å²) in [7, 11) is 0. The van der Waals surface area contributed by atoms with E-state index in [0.29, 0.717) is 11.1 Å². The second-order valence-corrected chi connectivity index (χ2v) is 5.09. The number of ether oxygens (including phenoxy) is 1. The number of amides is 1. The summed E-state index contributed by atoms with van der Waals surface area (Å²) in [6.45, 7) is 0. The molecule has 0 unspecified atom stereocenters. The number of carboxylic acid groups (broad SMARTS) is 1. The summed E-state index contributed by atoms with van der Waals surface area (Å²) >= 11 is 0. The zero-order valence-corrected chi connectivity index (χ0v) is 13.5. The van der Waals surface area contributed by atoms with Crippen LogP contribution in [0, 0.1) is 10.8 Å². The molecule has 0 saturated carbocycles. The van der Waals surface area contributed by atoms with Crippen LogP contribution in [-0.2, 0) is 9.53 Å². The number of carbonyl (C=O) groups excluding carboxylic acids is 1. The number of carboxylic acids is 1. The van der Waals surface area contributed by atoms with E-state index in [4.69, 9.17) is 21.7 Å². The van der Waals surface area contributed by atoms with Crippen molar-refractivity contribution in [3.8, 4) is 0 Å². The Balaban J connectivity index is 2.03. The van der Waals surface area contributed by atoms with Gasteiger partial charge < -0.3 is 20.9 Å². The maximum absolute atomic E-state index is 12.0. The number of hydrogen-bond donors (Lipinski definition) is 5. The van der Waals surface area contributed by atoms with E-state index in [-0.39, 0.29) is 17.1 Å². The first-order valence-electron chi connectivity index (χ1n) is 7.39. The van der Waals surface area contributed by atoms with Gasteiger partial charge in [-0.1, -0.05) is 24.3 Å². The van der Waals surface area contributed by atoms with Crippen LogP contribution in [0.15, 0.2) is 54.6 Å². The Morgan fingerprint density at radius 1 is 1.08 bits per heavy atom. The molecule has 0 spiro atoms. The third-order valence-electron chi connectivity index (χ3n) is 3.23. The number of anilines is 1. The summed E-state index contributed by atoms with van der Waals surface area (Å²) < 4.78 is 4.69. The average Bonchev–Trinajstić information content (AvgIpc) is 2.60. The van der Waals surface area contributed by atoms with Gasteiger partial charge in [0, 0.05) is 11.6 Å². The standard InChI is InChI=1S/C18H16N4O4/c19-16(26-18(20)21)12-8-5-11(6-9-12)7-10-15(23)22-14-4-2-1-3-13(14)17(24)25/h1-10,19H,(H3,20,21)(H,22,23)(H,24,25)/b10-7+,19-16?. The van der Waals surface area contributed by atoms with Gasteiger partial charge in [-0.05, 0) is 35.9 Å². The van der Waals surface area contributed by atoms with Crippen molar-refractivity contribution in [2.45, 2.75) is 0 Å². The number of nitrogens with two attached hydrogens (primary N) is 1. The van der Waals surface area contributed by atoms with Crippen molar-refractivity contribution in [2.24, 2.45) is 5.73 Å². The SMILES string of the molecule is N=C(N)OC(=N)c1ccc(/C=C/C(=O)Nc2ccccc2C(=O)O)cc1. The molecule has 1 amide bonds. The van der Waals surface area contributed by atoms with E-state index in [1.807, 2.05) is 0 Å². The van der Waals surface area contributed by atoms with Crippen LogP contribution in [0.5, 0.6) is 0 Å². The minimum absolute atomic E-state index is 0.00240. The number of aromatic carboxylic acids is 1. The van der Waals surface area contributed by atoms with Gasteiger partial charge in [0.05, 0.1) is 11.3 Å². The fourth-order valence-electron chi connectivity index (χ4n) is 2.04. The van der Waals surface area contributed by atoms with Crippen molar-refractivity contribution in [3.63, 3.8) is 0 Å². The smallest absolute Gasteiger partial charge is 0.337 e. The van der Waals surface area contributed by atoms with Gasteiger partial charge in [0.25, 0.3) is 6.02 Å². The Labute approximate surface area is 148 Å². The first kappa shape index (κ1) is 18.4. The van der Waals surface area contributed by atoms with Crippen molar-refractivity contribution in [2.75, 3.05) is 5.32 Å². The van der Waals surface area contributed by atoms with E-state index in [1.54, 1.807) is 36.4 Å². The number of carbonyl (C=O) groups is 2. The lowest BCUT2D eigenvalue weighted by atomic mass is 10.1. The molecule has 0 aromatic heterocycles.